The van der Waals surface area contributed by atoms with Crippen molar-refractivity contribution in [2.24, 2.45) is 0 Å². The van der Waals surface area contributed by atoms with Gasteiger partial charge in [-0.2, -0.15) is 0 Å². The summed E-state index contributed by atoms with van der Waals surface area (Å²) < 4.78 is 30.9. The summed E-state index contributed by atoms with van der Waals surface area (Å²) >= 11 is 1.53. The van der Waals surface area contributed by atoms with E-state index in [0.717, 1.165) is 48.6 Å². The van der Waals surface area contributed by atoms with Crippen LogP contribution >= 0.6 is 11.3 Å². The van der Waals surface area contributed by atoms with Gasteiger partial charge in [0.25, 0.3) is 5.91 Å². The van der Waals surface area contributed by atoms with Gasteiger partial charge < -0.3 is 10.1 Å². The van der Waals surface area contributed by atoms with Crippen LogP contribution in [0.15, 0.2) is 41.7 Å². The maximum Gasteiger partial charge on any atom is 0.261 e. The smallest absolute Gasteiger partial charge is 0.261 e. The van der Waals surface area contributed by atoms with E-state index in [0.29, 0.717) is 10.6 Å². The molecule has 0 aromatic carbocycles. The van der Waals surface area contributed by atoms with E-state index in [9.17, 15) is 13.2 Å². The number of likely N-dealkylation sites (tertiary alicyclic amines) is 1. The second-order valence-corrected chi connectivity index (χ2v) is 14.7. The number of pyridine rings is 1. The Hall–Kier alpha value is -2.73. The number of amides is 1. The van der Waals surface area contributed by atoms with Crippen molar-refractivity contribution in [2.45, 2.75) is 82.6 Å². The molecule has 1 amide bonds. The molecule has 5 rings (SSSR count). The lowest BCUT2D eigenvalue weighted by molar-refractivity contribution is -0.179. The maximum atomic E-state index is 13.2. The fraction of sp³-hybridized carbons (Fsp3) is 0.517. The number of aryl methyl sites for hydroxylation is 1. The Balaban J connectivity index is 1.29. The molecule has 3 aromatic rings. The van der Waals surface area contributed by atoms with Crippen LogP contribution in [-0.4, -0.2) is 58.6 Å². The van der Waals surface area contributed by atoms with E-state index in [1.54, 1.807) is 19.1 Å². The van der Waals surface area contributed by atoms with Gasteiger partial charge in [-0.15, -0.1) is 11.3 Å². The first-order chi connectivity index (χ1) is 18.9. The summed E-state index contributed by atoms with van der Waals surface area (Å²) in [6, 6.07) is 5.41. The second-order valence-electron chi connectivity index (χ2n) is 11.3. The predicted octanol–water partition coefficient (Wildman–Crippen LogP) is 4.37. The fourth-order valence-corrected chi connectivity index (χ4v) is 7.78. The average Bonchev–Trinajstić information content (AvgIpc) is 3.36. The van der Waals surface area contributed by atoms with Gasteiger partial charge in [-0.3, -0.25) is 14.7 Å². The quantitative estimate of drug-likeness (QED) is 0.436. The number of sulfone groups is 1. The molecule has 1 atom stereocenters. The molecule has 0 saturated carbocycles. The van der Waals surface area contributed by atoms with Crippen LogP contribution in [0.4, 0.5) is 0 Å². The Morgan fingerprint density at radius 1 is 1.15 bits per heavy atom. The Kier molecular flexibility index (Phi) is 7.86. The van der Waals surface area contributed by atoms with Gasteiger partial charge in [0.15, 0.2) is 9.84 Å². The molecule has 214 valence electrons. The Morgan fingerprint density at radius 3 is 2.48 bits per heavy atom. The molecule has 1 fully saturated rings. The van der Waals surface area contributed by atoms with Crippen molar-refractivity contribution in [1.29, 1.82) is 0 Å². The number of carbonyl (C=O) groups excluding carboxylic acids is 1. The van der Waals surface area contributed by atoms with Crippen molar-refractivity contribution in [3.05, 3.63) is 69.2 Å². The van der Waals surface area contributed by atoms with Crippen molar-refractivity contribution < 1.29 is 17.9 Å². The molecule has 40 heavy (non-hydrogen) atoms. The molecular weight excluding hydrogens is 546 g/mol. The molecule has 11 heteroatoms. The molecule has 0 aliphatic carbocycles. The molecular formula is C29H37N5O4S2. The molecule has 9 nitrogen and oxygen atoms in total. The highest BCUT2D eigenvalue weighted by atomic mass is 32.2. The van der Waals surface area contributed by atoms with Crippen LogP contribution in [-0.2, 0) is 33.1 Å². The van der Waals surface area contributed by atoms with Gasteiger partial charge in [-0.25, -0.2) is 18.4 Å². The van der Waals surface area contributed by atoms with Crippen molar-refractivity contribution >= 4 is 27.1 Å². The Labute approximate surface area is 240 Å². The zero-order valence-corrected chi connectivity index (χ0v) is 25.4. The lowest BCUT2D eigenvalue weighted by atomic mass is 9.80. The van der Waals surface area contributed by atoms with Gasteiger partial charge in [-0.1, -0.05) is 6.92 Å². The zero-order valence-electron chi connectivity index (χ0n) is 23.7. The van der Waals surface area contributed by atoms with Crippen molar-refractivity contribution in [2.75, 3.05) is 18.8 Å². The van der Waals surface area contributed by atoms with E-state index < -0.39 is 15.4 Å². The highest BCUT2D eigenvalue weighted by Crippen LogP contribution is 2.50. The number of carbonyl (C=O) groups is 1. The van der Waals surface area contributed by atoms with Crippen molar-refractivity contribution in [3.63, 3.8) is 0 Å². The van der Waals surface area contributed by atoms with Crippen LogP contribution in [0.25, 0.3) is 0 Å². The number of piperidine rings is 1. The monoisotopic (exact) mass is 583 g/mol. The molecule has 3 aromatic heterocycles. The number of ether oxygens (including phenoxy) is 1. The van der Waals surface area contributed by atoms with Gasteiger partial charge >= 0.3 is 0 Å². The largest absolute Gasteiger partial charge is 0.363 e. The average molecular weight is 584 g/mol. The summed E-state index contributed by atoms with van der Waals surface area (Å²) in [7, 11) is -3.31. The minimum Gasteiger partial charge on any atom is -0.363 e. The van der Waals surface area contributed by atoms with Crippen LogP contribution < -0.4 is 5.32 Å². The molecule has 2 aliphatic rings. The fourth-order valence-electron chi connectivity index (χ4n) is 5.68. The number of hydrogen-bond acceptors (Lipinski definition) is 9. The third-order valence-electron chi connectivity index (χ3n) is 7.94. The number of fused-ring (bicyclic) bond motifs is 2. The summed E-state index contributed by atoms with van der Waals surface area (Å²) in [4.78, 5) is 30.6. The molecule has 0 radical (unpaired) electrons. The van der Waals surface area contributed by atoms with Crippen LogP contribution in [0, 0.1) is 6.92 Å². The number of nitrogens with zero attached hydrogens (tertiary/aromatic N) is 4. The molecule has 2 aliphatic heterocycles. The van der Waals surface area contributed by atoms with E-state index in [1.165, 1.54) is 23.1 Å². The third-order valence-corrected chi connectivity index (χ3v) is 11.0. The zero-order chi connectivity index (χ0) is 28.7. The molecule has 1 unspecified atom stereocenters. The van der Waals surface area contributed by atoms with Crippen LogP contribution in [0.2, 0.25) is 0 Å². The topological polar surface area (TPSA) is 114 Å². The Morgan fingerprint density at radius 2 is 1.85 bits per heavy atom. The summed E-state index contributed by atoms with van der Waals surface area (Å²) in [6.45, 7) is 11.9. The van der Waals surface area contributed by atoms with Gasteiger partial charge in [-0.05, 0) is 64.3 Å². The first-order valence-corrected chi connectivity index (χ1v) is 16.2. The highest BCUT2D eigenvalue weighted by Gasteiger charge is 2.48. The lowest BCUT2D eigenvalue weighted by Gasteiger charge is -2.50. The van der Waals surface area contributed by atoms with Gasteiger partial charge in [0.2, 0.25) is 0 Å². The molecule has 1 saturated heterocycles. The minimum atomic E-state index is -3.31. The number of aromatic nitrogens is 3. The van der Waals surface area contributed by atoms with E-state index in [-0.39, 0.29) is 34.7 Å². The SMILES string of the molecule is CCS(=O)(=O)c1ccc(CNC(=O)c2cc3c(s2)C2(CCN(C(C)c4cnc(C)nc4)CC2)OC(C)(C)C3)nc1. The molecule has 1 N–H and O–H groups in total. The summed E-state index contributed by atoms with van der Waals surface area (Å²) in [5.74, 6) is 0.632. The van der Waals surface area contributed by atoms with E-state index in [1.807, 2.05) is 25.4 Å². The third kappa shape index (κ3) is 5.83. The second kappa shape index (κ2) is 10.9. The van der Waals surface area contributed by atoms with Crippen LogP contribution in [0.5, 0.6) is 0 Å². The van der Waals surface area contributed by atoms with E-state index in [2.05, 4.69) is 45.9 Å². The van der Waals surface area contributed by atoms with E-state index >= 15 is 0 Å². The number of thiophene rings is 1. The summed E-state index contributed by atoms with van der Waals surface area (Å²) in [5, 5.41) is 2.95. The Bertz CT molecular complexity index is 1480. The number of hydrogen-bond donors (Lipinski definition) is 1. The lowest BCUT2D eigenvalue weighted by Crippen LogP contribution is -2.51. The highest BCUT2D eigenvalue weighted by molar-refractivity contribution is 7.91. The summed E-state index contributed by atoms with van der Waals surface area (Å²) in [6.07, 6.45) is 7.63. The van der Waals surface area contributed by atoms with Crippen molar-refractivity contribution in [3.8, 4) is 0 Å². The van der Waals surface area contributed by atoms with Crippen LogP contribution in [0.3, 0.4) is 0 Å². The predicted molar refractivity (Wildman–Crippen MR) is 154 cm³/mol. The first-order valence-electron chi connectivity index (χ1n) is 13.7. The van der Waals surface area contributed by atoms with E-state index in [4.69, 9.17) is 4.74 Å². The normalized spacial score (nSPS) is 19.2. The van der Waals surface area contributed by atoms with Gasteiger partial charge in [0.1, 0.15) is 11.4 Å². The number of nitrogens with one attached hydrogen (secondary N) is 1. The van der Waals surface area contributed by atoms with Crippen LogP contribution in [0.1, 0.15) is 83.8 Å². The standard InChI is InChI=1S/C29H37N5O4S2/c1-6-40(36,37)24-8-7-23(32-18-24)17-33-27(35)25-13-21-14-28(4,5)38-29(26(21)39-25)9-11-34(12-10-29)19(2)22-15-30-20(3)31-16-22/h7-8,13,15-16,18-19H,6,9-12,14,17H2,1-5H3,(H,33,35). The molecule has 1 spiro atoms. The van der Waals surface area contributed by atoms with Gasteiger partial charge in [0.05, 0.1) is 33.4 Å². The molecule has 0 bridgehead atoms. The van der Waals surface area contributed by atoms with Gasteiger partial charge in [0, 0.05) is 54.6 Å². The molecule has 5 heterocycles. The number of rotatable bonds is 7. The maximum absolute atomic E-state index is 13.2. The minimum absolute atomic E-state index is 0.0224. The summed E-state index contributed by atoms with van der Waals surface area (Å²) in [5.41, 5.74) is 2.16. The first kappa shape index (κ1) is 28.8. The van der Waals surface area contributed by atoms with Crippen molar-refractivity contribution in [1.82, 2.24) is 25.2 Å².